The number of anilines is 3. The Morgan fingerprint density at radius 2 is 1.73 bits per heavy atom. The molecule has 0 aliphatic carbocycles. The van der Waals surface area contributed by atoms with Crippen molar-refractivity contribution < 1.29 is 4.74 Å². The molecule has 0 amide bonds. The van der Waals surface area contributed by atoms with E-state index >= 15 is 0 Å². The summed E-state index contributed by atoms with van der Waals surface area (Å²) in [6.45, 7) is 8.34. The Morgan fingerprint density at radius 1 is 1.12 bits per heavy atom. The van der Waals surface area contributed by atoms with E-state index in [4.69, 9.17) is 15.7 Å². The van der Waals surface area contributed by atoms with Crippen LogP contribution in [0.1, 0.15) is 6.92 Å². The fraction of sp³-hybridized carbons (Fsp3) is 0.667. The highest BCUT2D eigenvalue weighted by molar-refractivity contribution is 5.79. The fourth-order valence-corrected chi connectivity index (χ4v) is 2.89. The number of nitrogens with one attached hydrogen (secondary N) is 1. The lowest BCUT2D eigenvalue weighted by Gasteiger charge is -2.35. The summed E-state index contributed by atoms with van der Waals surface area (Å²) >= 11 is 0. The zero-order valence-electron chi connectivity index (χ0n) is 14.9. The molecule has 0 atom stereocenters. The first kappa shape index (κ1) is 17.9. The van der Waals surface area contributed by atoms with Crippen LogP contribution in [0.4, 0.5) is 17.8 Å². The molecule has 3 rings (SSSR count). The number of rotatable bonds is 4. The maximum absolute atomic E-state index is 8.63. The van der Waals surface area contributed by atoms with E-state index in [9.17, 15) is 0 Å². The van der Waals surface area contributed by atoms with Gasteiger partial charge in [0, 0.05) is 45.8 Å². The van der Waals surface area contributed by atoms with Gasteiger partial charge in [-0.2, -0.15) is 20.2 Å². The lowest BCUT2D eigenvalue weighted by atomic mass is 10.3. The number of piperazine rings is 1. The Bertz CT molecular complexity index is 673. The molecule has 26 heavy (non-hydrogen) atoms. The molecule has 2 saturated heterocycles. The van der Waals surface area contributed by atoms with E-state index in [-0.39, 0.29) is 5.96 Å². The lowest BCUT2D eigenvalue weighted by molar-refractivity contribution is 0.122. The number of nitrogens with zero attached hydrogens (tertiary/aromatic N) is 8. The van der Waals surface area contributed by atoms with Gasteiger partial charge in [0.05, 0.1) is 13.2 Å². The van der Waals surface area contributed by atoms with Crippen molar-refractivity contribution in [1.82, 2.24) is 19.9 Å². The normalized spacial score (nSPS) is 18.6. The first-order valence-corrected chi connectivity index (χ1v) is 8.76. The van der Waals surface area contributed by atoms with Gasteiger partial charge in [0.25, 0.3) is 0 Å². The van der Waals surface area contributed by atoms with Gasteiger partial charge < -0.3 is 30.5 Å². The molecule has 11 nitrogen and oxygen atoms in total. The van der Waals surface area contributed by atoms with Crippen LogP contribution in [-0.4, -0.2) is 84.8 Å². The minimum absolute atomic E-state index is 0.255. The van der Waals surface area contributed by atoms with Gasteiger partial charge in [0.15, 0.2) is 0 Å². The topological polar surface area (TPSA) is 132 Å². The van der Waals surface area contributed by atoms with E-state index in [1.54, 1.807) is 6.19 Å². The van der Waals surface area contributed by atoms with E-state index in [1.807, 2.05) is 11.8 Å². The van der Waals surface area contributed by atoms with Gasteiger partial charge >= 0.3 is 0 Å². The summed E-state index contributed by atoms with van der Waals surface area (Å²) < 4.78 is 5.41. The van der Waals surface area contributed by atoms with Crippen molar-refractivity contribution in [2.75, 3.05) is 74.1 Å². The molecule has 2 aliphatic heterocycles. The van der Waals surface area contributed by atoms with Crippen molar-refractivity contribution in [3.05, 3.63) is 0 Å². The highest BCUT2D eigenvalue weighted by Gasteiger charge is 2.23. The molecular formula is C15H24N10O. The van der Waals surface area contributed by atoms with E-state index < -0.39 is 0 Å². The third-order valence-electron chi connectivity index (χ3n) is 4.29. The molecule has 0 unspecified atom stereocenters. The van der Waals surface area contributed by atoms with E-state index in [0.29, 0.717) is 57.2 Å². The second kappa shape index (κ2) is 8.48. The first-order chi connectivity index (χ1) is 12.7. The van der Waals surface area contributed by atoms with Crippen LogP contribution in [0.2, 0.25) is 0 Å². The van der Waals surface area contributed by atoms with Crippen LogP contribution in [0.5, 0.6) is 0 Å². The number of ether oxygens (including phenoxy) is 1. The van der Waals surface area contributed by atoms with Crippen molar-refractivity contribution in [2.45, 2.75) is 6.92 Å². The molecule has 1 aromatic rings. The van der Waals surface area contributed by atoms with Crippen LogP contribution in [0.25, 0.3) is 0 Å². The van der Waals surface area contributed by atoms with Crippen LogP contribution in [0.15, 0.2) is 4.99 Å². The summed E-state index contributed by atoms with van der Waals surface area (Å²) in [7, 11) is 0. The number of morpholine rings is 1. The van der Waals surface area contributed by atoms with Crippen LogP contribution in [0, 0.1) is 11.5 Å². The Kier molecular flexibility index (Phi) is 5.85. The van der Waals surface area contributed by atoms with Gasteiger partial charge in [0.2, 0.25) is 30.0 Å². The van der Waals surface area contributed by atoms with Crippen molar-refractivity contribution in [1.29, 1.82) is 5.26 Å². The summed E-state index contributed by atoms with van der Waals surface area (Å²) in [5.74, 6) is 2.15. The average Bonchev–Trinajstić information content (AvgIpc) is 2.69. The molecule has 0 radical (unpaired) electrons. The van der Waals surface area contributed by atoms with Gasteiger partial charge in [0.1, 0.15) is 0 Å². The molecule has 2 aliphatic rings. The Hall–Kier alpha value is -2.87. The van der Waals surface area contributed by atoms with Gasteiger partial charge in [-0.25, -0.2) is 0 Å². The molecule has 2 fully saturated rings. The Balaban J connectivity index is 1.75. The second-order valence-electron chi connectivity index (χ2n) is 5.93. The lowest BCUT2D eigenvalue weighted by Crippen LogP contribution is -2.51. The van der Waals surface area contributed by atoms with Crippen LogP contribution < -0.4 is 20.9 Å². The smallest absolute Gasteiger partial charge is 0.232 e. The molecule has 3 heterocycles. The fourth-order valence-electron chi connectivity index (χ4n) is 2.89. The molecule has 140 valence electrons. The zero-order valence-corrected chi connectivity index (χ0v) is 14.9. The predicted molar refractivity (Wildman–Crippen MR) is 98.0 cm³/mol. The molecule has 0 aromatic carbocycles. The van der Waals surface area contributed by atoms with Gasteiger partial charge in [-0.1, -0.05) is 0 Å². The second-order valence-corrected chi connectivity index (χ2v) is 5.93. The zero-order chi connectivity index (χ0) is 18.4. The summed E-state index contributed by atoms with van der Waals surface area (Å²) in [4.78, 5) is 23.5. The summed E-state index contributed by atoms with van der Waals surface area (Å²) in [5.41, 5.74) is 5.79. The van der Waals surface area contributed by atoms with Gasteiger partial charge in [-0.3, -0.25) is 0 Å². The largest absolute Gasteiger partial charge is 0.378 e. The molecule has 1 aromatic heterocycles. The summed E-state index contributed by atoms with van der Waals surface area (Å²) in [6, 6.07) is 0. The molecular weight excluding hydrogens is 336 g/mol. The molecule has 3 N–H and O–H groups in total. The van der Waals surface area contributed by atoms with E-state index in [0.717, 1.165) is 19.6 Å². The third-order valence-corrected chi connectivity index (χ3v) is 4.29. The third kappa shape index (κ3) is 4.20. The molecule has 0 saturated carbocycles. The van der Waals surface area contributed by atoms with Crippen molar-refractivity contribution in [2.24, 2.45) is 10.7 Å². The monoisotopic (exact) mass is 360 g/mol. The van der Waals surface area contributed by atoms with Crippen LogP contribution in [0.3, 0.4) is 0 Å². The highest BCUT2D eigenvalue weighted by Crippen LogP contribution is 2.19. The maximum atomic E-state index is 8.63. The number of aromatic nitrogens is 3. The Labute approximate surface area is 152 Å². The number of hydrogen-bond acceptors (Lipinski definition) is 9. The minimum Gasteiger partial charge on any atom is -0.378 e. The number of nitrogens with two attached hydrogens (primary N) is 1. The van der Waals surface area contributed by atoms with Crippen LogP contribution in [-0.2, 0) is 4.74 Å². The van der Waals surface area contributed by atoms with Crippen molar-refractivity contribution in [3.63, 3.8) is 0 Å². The maximum Gasteiger partial charge on any atom is 0.232 e. The van der Waals surface area contributed by atoms with Gasteiger partial charge in [-0.05, 0) is 6.92 Å². The van der Waals surface area contributed by atoms with Gasteiger partial charge in [-0.15, -0.1) is 4.99 Å². The summed E-state index contributed by atoms with van der Waals surface area (Å²) in [5, 5.41) is 11.8. The standard InChI is InChI=1S/C15H24N10O/c1-2-18-13-20-14(22-15(21-13)25-7-9-26-10-8-25)24-5-3-23(4-6-24)12(17)19-11-16/h2-10H2,1H3,(H2,17,19)(H,18,20,21,22). The quantitative estimate of drug-likeness (QED) is 0.394. The Morgan fingerprint density at radius 3 is 2.31 bits per heavy atom. The SMILES string of the molecule is CCNc1nc(N2CCOCC2)nc(N2CCN(C(N)=NC#N)CC2)n1. The number of nitriles is 1. The minimum atomic E-state index is 0.255. The predicted octanol–water partition coefficient (Wildman–Crippen LogP) is -0.942. The molecule has 11 heteroatoms. The average molecular weight is 360 g/mol. The van der Waals surface area contributed by atoms with Crippen LogP contribution >= 0.6 is 0 Å². The summed E-state index contributed by atoms with van der Waals surface area (Å²) in [6.07, 6.45) is 1.72. The van der Waals surface area contributed by atoms with Crippen molar-refractivity contribution in [3.8, 4) is 6.19 Å². The number of hydrogen-bond donors (Lipinski definition) is 2. The van der Waals surface area contributed by atoms with E-state index in [1.165, 1.54) is 0 Å². The van der Waals surface area contributed by atoms with Crippen molar-refractivity contribution >= 4 is 23.8 Å². The highest BCUT2D eigenvalue weighted by atomic mass is 16.5. The molecule has 0 spiro atoms. The number of aliphatic imine (C=N–C) groups is 1. The number of guanidine groups is 1. The molecule has 0 bridgehead atoms. The first-order valence-electron chi connectivity index (χ1n) is 8.76. The van der Waals surface area contributed by atoms with E-state index in [2.05, 4.69) is 35.1 Å².